The molecule has 2 saturated carbocycles. The maximum absolute atomic E-state index is 13.8. The number of nitrogens with one attached hydrogen (secondary N) is 1. The Morgan fingerprint density at radius 1 is 1.23 bits per heavy atom. The Labute approximate surface area is 179 Å². The molecule has 1 saturated heterocycles. The molecule has 4 rings (SSSR count). The standard InChI is InChI=1S/C20H27F3N4O3S/c1-18(2)12-4-5-19(18,3)14(10-12)25-17-24-11-13(15(26-17)20(21,22)23)16(28)27-6-8-31(29,30)9-7-27/h11-12,14H,4-10H2,1-3H3,(H,24,25,26)/t12-,14+,19+/m1/s1. The SMILES string of the molecule is CC1(C)[C@@H]2CC[C@@]1(C)[C@@H](Nc1ncc(C(=O)N3CCS(=O)(=O)CC3)c(C(F)(F)F)n1)C2. The van der Waals surface area contributed by atoms with Crippen LogP contribution in [0.5, 0.6) is 0 Å². The Kier molecular flexibility index (Phi) is 5.07. The summed E-state index contributed by atoms with van der Waals surface area (Å²) in [5.41, 5.74) is -1.96. The Bertz CT molecular complexity index is 997. The minimum atomic E-state index is -4.84. The molecule has 2 bridgehead atoms. The highest BCUT2D eigenvalue weighted by Crippen LogP contribution is 2.65. The van der Waals surface area contributed by atoms with Gasteiger partial charge in [-0.05, 0) is 36.0 Å². The van der Waals surface area contributed by atoms with E-state index in [9.17, 15) is 26.4 Å². The second-order valence-electron chi connectivity index (χ2n) is 9.71. The van der Waals surface area contributed by atoms with Gasteiger partial charge in [-0.1, -0.05) is 20.8 Å². The third-order valence-electron chi connectivity index (χ3n) is 8.02. The van der Waals surface area contributed by atoms with Gasteiger partial charge >= 0.3 is 6.18 Å². The van der Waals surface area contributed by atoms with Crippen LogP contribution in [0.15, 0.2) is 6.20 Å². The average molecular weight is 461 g/mol. The summed E-state index contributed by atoms with van der Waals surface area (Å²) < 4.78 is 64.4. The smallest absolute Gasteiger partial charge is 0.351 e. The first-order chi connectivity index (χ1) is 14.2. The van der Waals surface area contributed by atoms with E-state index >= 15 is 0 Å². The van der Waals surface area contributed by atoms with Gasteiger partial charge < -0.3 is 10.2 Å². The van der Waals surface area contributed by atoms with E-state index in [1.54, 1.807) is 0 Å². The van der Waals surface area contributed by atoms with Crippen LogP contribution >= 0.6 is 0 Å². The molecule has 1 amide bonds. The lowest BCUT2D eigenvalue weighted by molar-refractivity contribution is -0.141. The minimum absolute atomic E-state index is 0.0452. The van der Waals surface area contributed by atoms with Crippen LogP contribution in [0.25, 0.3) is 0 Å². The lowest BCUT2D eigenvalue weighted by Crippen LogP contribution is -2.44. The third-order valence-corrected chi connectivity index (χ3v) is 9.63. The molecule has 0 spiro atoms. The molecule has 3 atom stereocenters. The molecule has 2 heterocycles. The molecule has 7 nitrogen and oxygen atoms in total. The molecule has 2 aliphatic carbocycles. The van der Waals surface area contributed by atoms with Crippen molar-refractivity contribution in [3.8, 4) is 0 Å². The van der Waals surface area contributed by atoms with Crippen molar-refractivity contribution in [2.75, 3.05) is 29.9 Å². The quantitative estimate of drug-likeness (QED) is 0.746. The molecule has 1 aromatic heterocycles. The Hall–Kier alpha value is -1.91. The highest BCUT2D eigenvalue weighted by Gasteiger charge is 2.61. The molecular formula is C20H27F3N4O3S. The molecule has 0 aromatic carbocycles. The lowest BCUT2D eigenvalue weighted by Gasteiger charge is -2.39. The van der Waals surface area contributed by atoms with Crippen LogP contribution in [0.4, 0.5) is 19.1 Å². The first kappa shape index (κ1) is 22.3. The predicted molar refractivity (Wildman–Crippen MR) is 108 cm³/mol. The van der Waals surface area contributed by atoms with Crippen molar-refractivity contribution in [1.82, 2.24) is 14.9 Å². The first-order valence-corrected chi connectivity index (χ1v) is 12.3. The number of halogens is 3. The zero-order chi connectivity index (χ0) is 22.8. The highest BCUT2D eigenvalue weighted by molar-refractivity contribution is 7.91. The van der Waals surface area contributed by atoms with Crippen LogP contribution in [-0.4, -0.2) is 59.8 Å². The van der Waals surface area contributed by atoms with E-state index in [1.807, 2.05) is 0 Å². The van der Waals surface area contributed by atoms with Gasteiger partial charge in [-0.15, -0.1) is 0 Å². The second-order valence-corrected chi connectivity index (χ2v) is 12.0. The number of nitrogens with zero attached hydrogens (tertiary/aromatic N) is 3. The number of aromatic nitrogens is 2. The van der Waals surface area contributed by atoms with E-state index in [4.69, 9.17) is 0 Å². The maximum atomic E-state index is 13.8. The van der Waals surface area contributed by atoms with Gasteiger partial charge in [-0.25, -0.2) is 18.4 Å². The molecule has 1 aromatic rings. The van der Waals surface area contributed by atoms with E-state index in [0.29, 0.717) is 5.92 Å². The molecule has 31 heavy (non-hydrogen) atoms. The number of hydrogen-bond donors (Lipinski definition) is 1. The Balaban J connectivity index is 1.59. The van der Waals surface area contributed by atoms with Gasteiger partial charge in [0.2, 0.25) is 5.95 Å². The fourth-order valence-electron chi connectivity index (χ4n) is 5.49. The van der Waals surface area contributed by atoms with Crippen molar-refractivity contribution in [1.29, 1.82) is 0 Å². The first-order valence-electron chi connectivity index (χ1n) is 10.4. The van der Waals surface area contributed by atoms with Gasteiger partial charge in [-0.3, -0.25) is 4.79 Å². The fraction of sp³-hybridized carbons (Fsp3) is 0.750. The Morgan fingerprint density at radius 3 is 2.39 bits per heavy atom. The van der Waals surface area contributed by atoms with Crippen LogP contribution in [0.3, 0.4) is 0 Å². The average Bonchev–Trinajstić information content (AvgIpc) is 3.00. The summed E-state index contributed by atoms with van der Waals surface area (Å²) in [5.74, 6) is -1.08. The predicted octanol–water partition coefficient (Wildman–Crippen LogP) is 2.99. The van der Waals surface area contributed by atoms with Crippen LogP contribution in [0.2, 0.25) is 0 Å². The van der Waals surface area contributed by atoms with E-state index in [1.165, 1.54) is 0 Å². The summed E-state index contributed by atoms with van der Waals surface area (Å²) in [5, 5.41) is 3.11. The molecule has 11 heteroatoms. The van der Waals surface area contributed by atoms with Gasteiger partial charge in [0.1, 0.15) is 0 Å². The van der Waals surface area contributed by atoms with Gasteiger partial charge in [0, 0.05) is 25.3 Å². The summed E-state index contributed by atoms with van der Waals surface area (Å²) in [6.07, 6.45) is -0.996. The van der Waals surface area contributed by atoms with Crippen molar-refractivity contribution in [3.05, 3.63) is 17.5 Å². The number of hydrogen-bond acceptors (Lipinski definition) is 6. The second kappa shape index (κ2) is 7.05. The number of alkyl halides is 3. The van der Waals surface area contributed by atoms with Crippen LogP contribution in [-0.2, 0) is 16.0 Å². The van der Waals surface area contributed by atoms with Crippen LogP contribution < -0.4 is 5.32 Å². The van der Waals surface area contributed by atoms with Crippen molar-refractivity contribution in [3.63, 3.8) is 0 Å². The normalized spacial score (nSPS) is 31.6. The number of sulfone groups is 1. The number of carbonyl (C=O) groups is 1. The topological polar surface area (TPSA) is 92.3 Å². The zero-order valence-corrected chi connectivity index (χ0v) is 18.6. The van der Waals surface area contributed by atoms with Gasteiger partial charge in [0.25, 0.3) is 5.91 Å². The summed E-state index contributed by atoms with van der Waals surface area (Å²) in [6.45, 7) is 6.28. The molecule has 0 radical (unpaired) electrons. The molecule has 1 N–H and O–H groups in total. The molecule has 3 fully saturated rings. The number of amides is 1. The van der Waals surface area contributed by atoms with Gasteiger partial charge in [0.15, 0.2) is 15.5 Å². The lowest BCUT2D eigenvalue weighted by atomic mass is 9.69. The van der Waals surface area contributed by atoms with Gasteiger partial charge in [0.05, 0.1) is 17.1 Å². The fourth-order valence-corrected chi connectivity index (χ4v) is 6.69. The Morgan fingerprint density at radius 2 is 1.87 bits per heavy atom. The molecule has 3 aliphatic rings. The number of carbonyl (C=O) groups excluding carboxylic acids is 1. The van der Waals surface area contributed by atoms with Crippen molar-refractivity contribution in [2.45, 2.75) is 52.3 Å². The summed E-state index contributed by atoms with van der Waals surface area (Å²) in [4.78, 5) is 21.6. The maximum Gasteiger partial charge on any atom is 0.434 e. The molecule has 1 aliphatic heterocycles. The third kappa shape index (κ3) is 3.68. The van der Waals surface area contributed by atoms with Crippen LogP contribution in [0, 0.1) is 16.7 Å². The minimum Gasteiger partial charge on any atom is -0.351 e. The number of rotatable bonds is 3. The van der Waals surface area contributed by atoms with E-state index in [0.717, 1.165) is 30.4 Å². The van der Waals surface area contributed by atoms with Crippen LogP contribution in [0.1, 0.15) is 56.1 Å². The van der Waals surface area contributed by atoms with Gasteiger partial charge in [-0.2, -0.15) is 13.2 Å². The molecular weight excluding hydrogens is 433 g/mol. The summed E-state index contributed by atoms with van der Waals surface area (Å²) in [6, 6.07) is -0.0452. The zero-order valence-electron chi connectivity index (χ0n) is 17.8. The van der Waals surface area contributed by atoms with Crippen molar-refractivity contribution < 1.29 is 26.4 Å². The monoisotopic (exact) mass is 460 g/mol. The number of fused-ring (bicyclic) bond motifs is 2. The molecule has 0 unspecified atom stereocenters. The largest absolute Gasteiger partial charge is 0.434 e. The van der Waals surface area contributed by atoms with Crippen molar-refractivity contribution >= 4 is 21.7 Å². The molecule has 172 valence electrons. The van der Waals surface area contributed by atoms with Crippen molar-refractivity contribution in [2.24, 2.45) is 16.7 Å². The van der Waals surface area contributed by atoms with E-state index in [2.05, 4.69) is 36.1 Å². The summed E-state index contributed by atoms with van der Waals surface area (Å²) >= 11 is 0. The van der Waals surface area contributed by atoms with E-state index in [-0.39, 0.29) is 47.4 Å². The summed E-state index contributed by atoms with van der Waals surface area (Å²) in [7, 11) is -3.27. The van der Waals surface area contributed by atoms with E-state index < -0.39 is 33.2 Å². The number of anilines is 1. The highest BCUT2D eigenvalue weighted by atomic mass is 32.2.